The fourth-order valence-electron chi connectivity index (χ4n) is 2.99. The number of fused-ring (bicyclic) bond motifs is 1. The van der Waals surface area contributed by atoms with Crippen molar-refractivity contribution in [2.75, 3.05) is 0 Å². The third-order valence-corrected chi connectivity index (χ3v) is 5.02. The van der Waals surface area contributed by atoms with E-state index in [9.17, 15) is 4.79 Å². The van der Waals surface area contributed by atoms with Crippen LogP contribution < -0.4 is 0 Å². The van der Waals surface area contributed by atoms with E-state index in [-0.39, 0.29) is 0 Å². The van der Waals surface area contributed by atoms with Crippen molar-refractivity contribution in [3.63, 3.8) is 0 Å². The van der Waals surface area contributed by atoms with Crippen LogP contribution in [0.15, 0.2) is 12.1 Å². The van der Waals surface area contributed by atoms with Gasteiger partial charge in [0.1, 0.15) is 0 Å². The minimum Gasteiger partial charge on any atom is -0.293 e. The molecule has 2 saturated carbocycles. The number of carbonyl (C=O) groups is 1. The highest BCUT2D eigenvalue weighted by atomic mass is 35.5. The first-order chi connectivity index (χ1) is 7.27. The van der Waals surface area contributed by atoms with Crippen LogP contribution in [-0.4, -0.2) is 5.78 Å². The van der Waals surface area contributed by atoms with Gasteiger partial charge in [-0.1, -0.05) is 24.4 Å². The highest BCUT2D eigenvalue weighted by Crippen LogP contribution is 2.56. The first-order valence-electron chi connectivity index (χ1n) is 5.57. The van der Waals surface area contributed by atoms with Crippen LogP contribution in [0.1, 0.15) is 35.4 Å². The molecule has 0 spiro atoms. The Hall–Kier alpha value is -0.340. The summed E-state index contributed by atoms with van der Waals surface area (Å²) in [5.74, 6) is 2.09. The maximum absolute atomic E-state index is 12.1. The normalized spacial score (nSPS) is 33.5. The number of ketones is 1. The molecule has 3 heteroatoms. The van der Waals surface area contributed by atoms with Gasteiger partial charge in [-0.05, 0) is 36.8 Å². The molecule has 1 heterocycles. The standard InChI is InChI=1S/C12H13ClOS/c13-10-6-5-9(15-10)12(14)11-7-3-1-2-4-8(7)11/h5-8,11H,1-4H2. The highest BCUT2D eigenvalue weighted by molar-refractivity contribution is 7.18. The summed E-state index contributed by atoms with van der Waals surface area (Å²) < 4.78 is 0.724. The molecule has 0 saturated heterocycles. The fourth-order valence-corrected chi connectivity index (χ4v) is 4.02. The molecule has 0 aliphatic heterocycles. The zero-order valence-electron chi connectivity index (χ0n) is 8.41. The van der Waals surface area contributed by atoms with E-state index in [1.165, 1.54) is 37.0 Å². The Morgan fingerprint density at radius 2 is 1.93 bits per heavy atom. The topological polar surface area (TPSA) is 17.1 Å². The number of hydrogen-bond acceptors (Lipinski definition) is 2. The van der Waals surface area contributed by atoms with Crippen LogP contribution in [0.4, 0.5) is 0 Å². The van der Waals surface area contributed by atoms with E-state index in [2.05, 4.69) is 0 Å². The molecule has 15 heavy (non-hydrogen) atoms. The number of halogens is 1. The lowest BCUT2D eigenvalue weighted by atomic mass is 10.0. The van der Waals surface area contributed by atoms with Crippen molar-refractivity contribution in [3.8, 4) is 0 Å². The number of Topliss-reactive ketones (excluding diaryl/α,β-unsaturated/α-hetero) is 1. The van der Waals surface area contributed by atoms with E-state index in [0.29, 0.717) is 23.5 Å². The molecule has 0 bridgehead atoms. The average Bonchev–Trinajstić information content (AvgIpc) is 2.82. The number of carbonyl (C=O) groups excluding carboxylic acids is 1. The molecule has 0 amide bonds. The Kier molecular flexibility index (Phi) is 2.37. The van der Waals surface area contributed by atoms with E-state index in [4.69, 9.17) is 11.6 Å². The molecule has 2 atom stereocenters. The van der Waals surface area contributed by atoms with Crippen molar-refractivity contribution in [1.82, 2.24) is 0 Å². The van der Waals surface area contributed by atoms with Gasteiger partial charge in [-0.3, -0.25) is 4.79 Å². The molecule has 2 unspecified atom stereocenters. The van der Waals surface area contributed by atoms with Gasteiger partial charge < -0.3 is 0 Å². The minimum atomic E-state index is 0.335. The maximum atomic E-state index is 12.1. The Morgan fingerprint density at radius 3 is 2.47 bits per heavy atom. The summed E-state index contributed by atoms with van der Waals surface area (Å²) in [7, 11) is 0. The van der Waals surface area contributed by atoms with Gasteiger partial charge in [-0.25, -0.2) is 0 Å². The number of thiophene rings is 1. The van der Waals surface area contributed by atoms with Crippen molar-refractivity contribution in [3.05, 3.63) is 21.3 Å². The molecule has 0 aromatic carbocycles. The van der Waals surface area contributed by atoms with Crippen LogP contribution in [0.2, 0.25) is 4.34 Å². The predicted octanol–water partition coefficient (Wildman–Crippen LogP) is 4.02. The summed E-state index contributed by atoms with van der Waals surface area (Å²) in [4.78, 5) is 13.0. The summed E-state index contributed by atoms with van der Waals surface area (Å²) >= 11 is 7.27. The van der Waals surface area contributed by atoms with Crippen LogP contribution in [0.5, 0.6) is 0 Å². The number of rotatable bonds is 2. The van der Waals surface area contributed by atoms with Gasteiger partial charge in [0.15, 0.2) is 5.78 Å². The second kappa shape index (κ2) is 3.60. The summed E-state index contributed by atoms with van der Waals surface area (Å²) in [5, 5.41) is 0. The van der Waals surface area contributed by atoms with Crippen LogP contribution in [0.25, 0.3) is 0 Å². The lowest BCUT2D eigenvalue weighted by Crippen LogP contribution is -2.01. The third-order valence-electron chi connectivity index (χ3n) is 3.78. The van der Waals surface area contributed by atoms with Gasteiger partial charge in [0.2, 0.25) is 0 Å². The molecule has 0 radical (unpaired) electrons. The quantitative estimate of drug-likeness (QED) is 0.714. The van der Waals surface area contributed by atoms with Crippen LogP contribution in [0, 0.1) is 17.8 Å². The largest absolute Gasteiger partial charge is 0.293 e. The molecular formula is C12H13ClOS. The summed E-state index contributed by atoms with van der Waals surface area (Å²) in [6, 6.07) is 3.70. The van der Waals surface area contributed by atoms with Crippen LogP contribution >= 0.6 is 22.9 Å². The van der Waals surface area contributed by atoms with Gasteiger partial charge in [0, 0.05) is 5.92 Å². The predicted molar refractivity (Wildman–Crippen MR) is 62.6 cm³/mol. The lowest BCUT2D eigenvalue weighted by molar-refractivity contribution is 0.0960. The van der Waals surface area contributed by atoms with Gasteiger partial charge in [-0.15, -0.1) is 11.3 Å². The average molecular weight is 241 g/mol. The van der Waals surface area contributed by atoms with Gasteiger partial charge in [0.25, 0.3) is 0 Å². The van der Waals surface area contributed by atoms with Crippen molar-refractivity contribution in [1.29, 1.82) is 0 Å². The van der Waals surface area contributed by atoms with Gasteiger partial charge >= 0.3 is 0 Å². The van der Waals surface area contributed by atoms with Crippen molar-refractivity contribution in [2.45, 2.75) is 25.7 Å². The van der Waals surface area contributed by atoms with E-state index < -0.39 is 0 Å². The first-order valence-corrected chi connectivity index (χ1v) is 6.76. The monoisotopic (exact) mass is 240 g/mol. The van der Waals surface area contributed by atoms with E-state index in [1.54, 1.807) is 0 Å². The van der Waals surface area contributed by atoms with Crippen LogP contribution in [0.3, 0.4) is 0 Å². The summed E-state index contributed by atoms with van der Waals surface area (Å²) in [6.07, 6.45) is 5.16. The van der Waals surface area contributed by atoms with Gasteiger partial charge in [0.05, 0.1) is 9.21 Å². The SMILES string of the molecule is O=C(c1ccc(Cl)s1)C1C2CCCCC21. The molecule has 2 aliphatic rings. The molecule has 3 rings (SSSR count). The Morgan fingerprint density at radius 1 is 1.27 bits per heavy atom. The molecular weight excluding hydrogens is 228 g/mol. The lowest BCUT2D eigenvalue weighted by Gasteiger charge is -2.04. The molecule has 80 valence electrons. The zero-order valence-corrected chi connectivity index (χ0v) is 9.98. The Balaban J connectivity index is 1.76. The fraction of sp³-hybridized carbons (Fsp3) is 0.583. The third kappa shape index (κ3) is 1.64. The maximum Gasteiger partial charge on any atom is 0.176 e. The Labute approximate surface area is 98.4 Å². The smallest absolute Gasteiger partial charge is 0.176 e. The van der Waals surface area contributed by atoms with Crippen LogP contribution in [-0.2, 0) is 0 Å². The second-order valence-electron chi connectivity index (χ2n) is 4.61. The van der Waals surface area contributed by atoms with E-state index in [0.717, 1.165) is 9.21 Å². The summed E-state index contributed by atoms with van der Waals surface area (Å²) in [6.45, 7) is 0. The van der Waals surface area contributed by atoms with Crippen molar-refractivity contribution < 1.29 is 4.79 Å². The molecule has 2 aliphatic carbocycles. The second-order valence-corrected chi connectivity index (χ2v) is 6.32. The van der Waals surface area contributed by atoms with Gasteiger partial charge in [-0.2, -0.15) is 0 Å². The summed E-state index contributed by atoms with van der Waals surface area (Å²) in [5.41, 5.74) is 0. The van der Waals surface area contributed by atoms with Crippen molar-refractivity contribution >= 4 is 28.7 Å². The molecule has 1 nitrogen and oxygen atoms in total. The molecule has 1 aromatic rings. The van der Waals surface area contributed by atoms with E-state index >= 15 is 0 Å². The first kappa shape index (κ1) is 9.86. The van der Waals surface area contributed by atoms with Crippen molar-refractivity contribution in [2.24, 2.45) is 17.8 Å². The molecule has 0 N–H and O–H groups in total. The minimum absolute atomic E-state index is 0.335. The number of hydrogen-bond donors (Lipinski definition) is 0. The van der Waals surface area contributed by atoms with E-state index in [1.807, 2.05) is 12.1 Å². The zero-order chi connectivity index (χ0) is 10.4. The molecule has 1 aromatic heterocycles. The highest BCUT2D eigenvalue weighted by Gasteiger charge is 2.54. The Bertz CT molecular complexity index is 386. The molecule has 2 fully saturated rings.